The Morgan fingerprint density at radius 1 is 1.60 bits per heavy atom. The van der Waals surface area contributed by atoms with Crippen LogP contribution in [0.4, 0.5) is 0 Å². The summed E-state index contributed by atoms with van der Waals surface area (Å²) in [5.74, 6) is 1.27. The van der Waals surface area contributed by atoms with Gasteiger partial charge in [0.1, 0.15) is 0 Å². The molecule has 0 aliphatic heterocycles. The van der Waals surface area contributed by atoms with E-state index in [0.29, 0.717) is 18.1 Å². The molecule has 5 heteroatoms. The number of hydrogen-bond donors (Lipinski definition) is 1. The van der Waals surface area contributed by atoms with E-state index in [0.717, 1.165) is 10.4 Å². The molecule has 0 fully saturated rings. The summed E-state index contributed by atoms with van der Waals surface area (Å²) in [5, 5.41) is 5.91. The predicted octanol–water partition coefficient (Wildman–Crippen LogP) is 2.00. The van der Waals surface area contributed by atoms with Gasteiger partial charge < -0.3 is 10.3 Å². The number of aromatic nitrogens is 2. The van der Waals surface area contributed by atoms with Crippen molar-refractivity contribution in [2.75, 3.05) is 0 Å². The fourth-order valence-corrected chi connectivity index (χ4v) is 2.15. The number of thiophene rings is 1. The first-order chi connectivity index (χ1) is 7.16. The molecule has 15 heavy (non-hydrogen) atoms. The molecule has 0 aromatic carbocycles. The van der Waals surface area contributed by atoms with Crippen LogP contribution in [0.2, 0.25) is 0 Å². The normalized spacial score (nSPS) is 13.0. The number of rotatable bonds is 3. The van der Waals surface area contributed by atoms with Crippen molar-refractivity contribution in [3.05, 3.63) is 22.8 Å². The van der Waals surface area contributed by atoms with E-state index in [1.54, 1.807) is 11.3 Å². The fourth-order valence-electron chi connectivity index (χ4n) is 1.31. The summed E-state index contributed by atoms with van der Waals surface area (Å²) in [6, 6.07) is 2.09. The van der Waals surface area contributed by atoms with Gasteiger partial charge in [0, 0.05) is 12.5 Å². The van der Waals surface area contributed by atoms with Gasteiger partial charge in [0.2, 0.25) is 0 Å². The molecule has 2 aromatic heterocycles. The van der Waals surface area contributed by atoms with E-state index in [4.69, 9.17) is 10.3 Å². The van der Waals surface area contributed by atoms with Gasteiger partial charge in [-0.1, -0.05) is 5.16 Å². The summed E-state index contributed by atoms with van der Waals surface area (Å²) in [6.07, 6.45) is 0.647. The van der Waals surface area contributed by atoms with Crippen molar-refractivity contribution in [1.82, 2.24) is 10.1 Å². The van der Waals surface area contributed by atoms with Crippen LogP contribution in [0.15, 0.2) is 16.0 Å². The molecule has 0 bridgehead atoms. The van der Waals surface area contributed by atoms with E-state index in [2.05, 4.69) is 10.1 Å². The van der Waals surface area contributed by atoms with Gasteiger partial charge in [-0.25, -0.2) is 0 Å². The molecular formula is C10H13N3OS. The largest absolute Gasteiger partial charge is 0.333 e. The molecule has 0 radical (unpaired) electrons. The molecule has 4 nitrogen and oxygen atoms in total. The highest BCUT2D eigenvalue weighted by Crippen LogP contribution is 2.27. The van der Waals surface area contributed by atoms with Crippen molar-refractivity contribution >= 4 is 11.3 Å². The minimum Gasteiger partial charge on any atom is -0.333 e. The number of aryl methyl sites for hydroxylation is 1. The second-order valence-electron chi connectivity index (χ2n) is 3.63. The molecule has 80 valence electrons. The second-order valence-corrected chi connectivity index (χ2v) is 4.55. The maximum atomic E-state index is 5.66. The van der Waals surface area contributed by atoms with Gasteiger partial charge in [-0.2, -0.15) is 4.98 Å². The number of nitrogens with two attached hydrogens (primary N) is 1. The molecule has 0 spiro atoms. The van der Waals surface area contributed by atoms with Crippen molar-refractivity contribution in [2.45, 2.75) is 26.3 Å². The highest BCUT2D eigenvalue weighted by atomic mass is 32.1. The maximum absolute atomic E-state index is 5.66. The smallest absolute Gasteiger partial charge is 0.268 e. The molecule has 2 rings (SSSR count). The predicted molar refractivity (Wildman–Crippen MR) is 59.7 cm³/mol. The van der Waals surface area contributed by atoms with Crippen LogP contribution in [0.25, 0.3) is 10.8 Å². The number of hydrogen-bond acceptors (Lipinski definition) is 5. The van der Waals surface area contributed by atoms with Crippen LogP contribution >= 0.6 is 11.3 Å². The Hall–Kier alpha value is -1.20. The van der Waals surface area contributed by atoms with E-state index in [1.807, 2.05) is 25.3 Å². The minimum absolute atomic E-state index is 0.0554. The van der Waals surface area contributed by atoms with E-state index in [1.165, 1.54) is 0 Å². The summed E-state index contributed by atoms with van der Waals surface area (Å²) < 4.78 is 5.18. The van der Waals surface area contributed by atoms with Gasteiger partial charge in [0.05, 0.1) is 4.88 Å². The standard InChI is InChI=1S/C10H13N3OS/c1-6-3-4-15-9(6)10-12-8(13-14-10)5-7(2)11/h3-4,7H,5,11H2,1-2H3. The zero-order chi connectivity index (χ0) is 10.8. The fraction of sp³-hybridized carbons (Fsp3) is 0.400. The summed E-state index contributed by atoms with van der Waals surface area (Å²) in [7, 11) is 0. The Balaban J connectivity index is 2.24. The first kappa shape index (κ1) is 10.3. The van der Waals surface area contributed by atoms with E-state index in [9.17, 15) is 0 Å². The van der Waals surface area contributed by atoms with Gasteiger partial charge >= 0.3 is 0 Å². The Kier molecular flexibility index (Phi) is 2.83. The zero-order valence-electron chi connectivity index (χ0n) is 8.73. The lowest BCUT2D eigenvalue weighted by Crippen LogP contribution is -2.18. The zero-order valence-corrected chi connectivity index (χ0v) is 9.54. The van der Waals surface area contributed by atoms with Crippen LogP contribution < -0.4 is 5.73 Å². The van der Waals surface area contributed by atoms with Crippen molar-refractivity contribution < 1.29 is 4.52 Å². The molecule has 0 amide bonds. The molecule has 2 heterocycles. The van der Waals surface area contributed by atoms with Gasteiger partial charge in [-0.15, -0.1) is 11.3 Å². The van der Waals surface area contributed by atoms with Crippen LogP contribution in [0.5, 0.6) is 0 Å². The van der Waals surface area contributed by atoms with Gasteiger partial charge in [0.15, 0.2) is 5.82 Å². The third kappa shape index (κ3) is 2.24. The first-order valence-corrected chi connectivity index (χ1v) is 5.67. The Morgan fingerprint density at radius 3 is 3.00 bits per heavy atom. The Bertz CT molecular complexity index is 447. The van der Waals surface area contributed by atoms with Crippen LogP contribution in [0.1, 0.15) is 18.3 Å². The van der Waals surface area contributed by atoms with Crippen molar-refractivity contribution in [2.24, 2.45) is 5.73 Å². The first-order valence-electron chi connectivity index (χ1n) is 4.79. The molecular weight excluding hydrogens is 210 g/mol. The van der Waals surface area contributed by atoms with E-state index >= 15 is 0 Å². The summed E-state index contributed by atoms with van der Waals surface area (Å²) in [5.41, 5.74) is 6.83. The number of nitrogens with zero attached hydrogens (tertiary/aromatic N) is 2. The van der Waals surface area contributed by atoms with Crippen molar-refractivity contribution in [1.29, 1.82) is 0 Å². The molecule has 2 aromatic rings. The summed E-state index contributed by atoms with van der Waals surface area (Å²) in [6.45, 7) is 3.95. The van der Waals surface area contributed by atoms with Gasteiger partial charge in [-0.05, 0) is 30.9 Å². The maximum Gasteiger partial charge on any atom is 0.268 e. The Morgan fingerprint density at radius 2 is 2.40 bits per heavy atom. The molecule has 1 atom stereocenters. The Labute approximate surface area is 92.1 Å². The third-order valence-electron chi connectivity index (χ3n) is 2.03. The quantitative estimate of drug-likeness (QED) is 0.864. The average Bonchev–Trinajstić information content (AvgIpc) is 2.72. The highest BCUT2D eigenvalue weighted by Gasteiger charge is 2.12. The van der Waals surface area contributed by atoms with E-state index in [-0.39, 0.29) is 6.04 Å². The molecule has 0 aliphatic carbocycles. The minimum atomic E-state index is 0.0554. The molecule has 0 saturated heterocycles. The summed E-state index contributed by atoms with van der Waals surface area (Å²) in [4.78, 5) is 5.35. The lowest BCUT2D eigenvalue weighted by molar-refractivity contribution is 0.421. The molecule has 0 aliphatic rings. The van der Waals surface area contributed by atoms with Crippen LogP contribution in [0, 0.1) is 6.92 Å². The lowest BCUT2D eigenvalue weighted by atomic mass is 10.2. The highest BCUT2D eigenvalue weighted by molar-refractivity contribution is 7.13. The van der Waals surface area contributed by atoms with E-state index < -0.39 is 0 Å². The molecule has 2 N–H and O–H groups in total. The topological polar surface area (TPSA) is 64.9 Å². The van der Waals surface area contributed by atoms with Crippen LogP contribution in [-0.4, -0.2) is 16.2 Å². The molecule has 0 saturated carbocycles. The SMILES string of the molecule is Cc1ccsc1-c1nc(CC(C)N)no1. The van der Waals surface area contributed by atoms with Gasteiger partial charge in [0.25, 0.3) is 5.89 Å². The monoisotopic (exact) mass is 223 g/mol. The van der Waals surface area contributed by atoms with Gasteiger partial charge in [-0.3, -0.25) is 0 Å². The lowest BCUT2D eigenvalue weighted by Gasteiger charge is -1.96. The van der Waals surface area contributed by atoms with Crippen molar-refractivity contribution in [3.63, 3.8) is 0 Å². The second kappa shape index (κ2) is 4.12. The van der Waals surface area contributed by atoms with Crippen LogP contribution in [-0.2, 0) is 6.42 Å². The third-order valence-corrected chi connectivity index (χ3v) is 3.03. The molecule has 1 unspecified atom stereocenters. The summed E-state index contributed by atoms with van der Waals surface area (Å²) >= 11 is 1.61. The average molecular weight is 223 g/mol. The van der Waals surface area contributed by atoms with Crippen LogP contribution in [0.3, 0.4) is 0 Å². The van der Waals surface area contributed by atoms with Crippen molar-refractivity contribution in [3.8, 4) is 10.8 Å².